The molecule has 0 aromatic heterocycles. The van der Waals surface area contributed by atoms with E-state index in [2.05, 4.69) is 10.6 Å². The number of carbonyl (C=O) groups is 4. The average Bonchev–Trinajstić information content (AvgIpc) is 2.65. The lowest BCUT2D eigenvalue weighted by molar-refractivity contribution is -0.131. The smallest absolute Gasteiger partial charge is 0.338 e. The van der Waals surface area contributed by atoms with E-state index in [-0.39, 0.29) is 5.56 Å². The fraction of sp³-hybridized carbons (Fsp3) is 0.273. The molecule has 0 spiro atoms. The first kappa shape index (κ1) is 22.6. The van der Waals surface area contributed by atoms with E-state index in [9.17, 15) is 19.2 Å². The molecule has 8 heteroatoms. The molecule has 8 nitrogen and oxygen atoms in total. The molecule has 2 aromatic rings. The van der Waals surface area contributed by atoms with E-state index in [0.717, 1.165) is 11.1 Å². The van der Waals surface area contributed by atoms with Crippen LogP contribution in [0.15, 0.2) is 48.5 Å². The van der Waals surface area contributed by atoms with E-state index >= 15 is 0 Å². The Kier molecular flexibility index (Phi) is 7.30. The molecule has 0 aliphatic carbocycles. The standard InChI is InChI=1S/C22H24N2O6/c1-14(25)30-18-11-9-16(10-12-18)15-5-7-17(8-6-15)20(27)29-13-19(26)23-21(28)24-22(2,3)4/h5-12H,13H2,1-4H3,(H2,23,24,26,28). The highest BCUT2D eigenvalue weighted by atomic mass is 16.5. The second kappa shape index (κ2) is 9.69. The molecular formula is C22H24N2O6. The van der Waals surface area contributed by atoms with Crippen LogP contribution < -0.4 is 15.4 Å². The van der Waals surface area contributed by atoms with Crippen molar-refractivity contribution in [1.82, 2.24) is 10.6 Å². The van der Waals surface area contributed by atoms with Crippen molar-refractivity contribution in [1.29, 1.82) is 0 Å². The normalized spacial score (nSPS) is 10.7. The minimum absolute atomic E-state index is 0.266. The zero-order valence-corrected chi connectivity index (χ0v) is 17.3. The molecule has 0 fully saturated rings. The van der Waals surface area contributed by atoms with Gasteiger partial charge in [-0.25, -0.2) is 9.59 Å². The number of carbonyl (C=O) groups excluding carboxylic acids is 4. The van der Waals surface area contributed by atoms with E-state index in [4.69, 9.17) is 9.47 Å². The Morgan fingerprint density at radius 1 is 0.867 bits per heavy atom. The highest BCUT2D eigenvalue weighted by Gasteiger charge is 2.17. The van der Waals surface area contributed by atoms with Crippen LogP contribution in [-0.4, -0.2) is 36.0 Å². The largest absolute Gasteiger partial charge is 0.452 e. The maximum atomic E-state index is 12.1. The number of imide groups is 1. The lowest BCUT2D eigenvalue weighted by Gasteiger charge is -2.20. The number of benzene rings is 2. The first-order valence-corrected chi connectivity index (χ1v) is 9.21. The Labute approximate surface area is 174 Å². The molecule has 0 aliphatic rings. The summed E-state index contributed by atoms with van der Waals surface area (Å²) in [7, 11) is 0. The molecule has 0 unspecified atom stereocenters. The summed E-state index contributed by atoms with van der Waals surface area (Å²) in [4.78, 5) is 46.4. The van der Waals surface area contributed by atoms with Crippen LogP contribution in [0.3, 0.4) is 0 Å². The summed E-state index contributed by atoms with van der Waals surface area (Å²) in [5, 5.41) is 4.66. The van der Waals surface area contributed by atoms with Crippen LogP contribution in [0.4, 0.5) is 4.79 Å². The van der Waals surface area contributed by atoms with Gasteiger partial charge in [-0.05, 0) is 56.2 Å². The number of amides is 3. The van der Waals surface area contributed by atoms with Crippen LogP contribution in [0.2, 0.25) is 0 Å². The molecule has 2 N–H and O–H groups in total. The third-order valence-electron chi connectivity index (χ3n) is 3.65. The first-order chi connectivity index (χ1) is 14.0. The number of esters is 2. The molecule has 30 heavy (non-hydrogen) atoms. The van der Waals surface area contributed by atoms with Crippen molar-refractivity contribution in [2.24, 2.45) is 0 Å². The summed E-state index contributed by atoms with van der Waals surface area (Å²) in [5.41, 5.74) is 1.48. The van der Waals surface area contributed by atoms with Crippen LogP contribution in [0, 0.1) is 0 Å². The van der Waals surface area contributed by atoms with Gasteiger partial charge in [-0.1, -0.05) is 24.3 Å². The molecule has 0 bridgehead atoms. The van der Waals surface area contributed by atoms with Crippen LogP contribution in [0.25, 0.3) is 11.1 Å². The Morgan fingerprint density at radius 3 is 1.90 bits per heavy atom. The van der Waals surface area contributed by atoms with E-state index in [1.54, 1.807) is 69.3 Å². The molecule has 0 aliphatic heterocycles. The number of hydrogen-bond acceptors (Lipinski definition) is 6. The van der Waals surface area contributed by atoms with Gasteiger partial charge in [0.25, 0.3) is 5.91 Å². The Bertz CT molecular complexity index is 928. The Morgan fingerprint density at radius 2 is 1.40 bits per heavy atom. The maximum absolute atomic E-state index is 12.1. The van der Waals surface area contributed by atoms with Crippen LogP contribution in [0.5, 0.6) is 5.75 Å². The van der Waals surface area contributed by atoms with Gasteiger partial charge in [0.2, 0.25) is 0 Å². The van der Waals surface area contributed by atoms with E-state index in [1.807, 2.05) is 0 Å². The molecule has 0 saturated heterocycles. The van der Waals surface area contributed by atoms with Crippen molar-refractivity contribution >= 4 is 23.9 Å². The number of hydrogen-bond donors (Lipinski definition) is 2. The highest BCUT2D eigenvalue weighted by molar-refractivity contribution is 5.97. The summed E-state index contributed by atoms with van der Waals surface area (Å²) in [6, 6.07) is 12.9. The van der Waals surface area contributed by atoms with Crippen molar-refractivity contribution in [2.45, 2.75) is 33.2 Å². The number of urea groups is 1. The van der Waals surface area contributed by atoms with Gasteiger partial charge < -0.3 is 14.8 Å². The number of rotatable bonds is 5. The van der Waals surface area contributed by atoms with Gasteiger partial charge in [0.05, 0.1) is 5.56 Å². The summed E-state index contributed by atoms with van der Waals surface area (Å²) >= 11 is 0. The summed E-state index contributed by atoms with van der Waals surface area (Å²) in [6.45, 7) is 6.07. The summed E-state index contributed by atoms with van der Waals surface area (Å²) in [5.74, 6) is -1.36. The second-order valence-electron chi connectivity index (χ2n) is 7.52. The van der Waals surface area contributed by atoms with Gasteiger partial charge >= 0.3 is 18.0 Å². The third-order valence-corrected chi connectivity index (χ3v) is 3.65. The van der Waals surface area contributed by atoms with Gasteiger partial charge in [0.15, 0.2) is 6.61 Å². The molecule has 2 rings (SSSR count). The number of ether oxygens (including phenoxy) is 2. The minimum atomic E-state index is -0.727. The fourth-order valence-electron chi connectivity index (χ4n) is 2.43. The first-order valence-electron chi connectivity index (χ1n) is 9.21. The quantitative estimate of drug-likeness (QED) is 0.577. The second-order valence-corrected chi connectivity index (χ2v) is 7.52. The summed E-state index contributed by atoms with van der Waals surface area (Å²) < 4.78 is 9.93. The lowest BCUT2D eigenvalue weighted by Crippen LogP contribution is -2.49. The van der Waals surface area contributed by atoms with Gasteiger partial charge in [-0.2, -0.15) is 0 Å². The molecular weight excluding hydrogens is 388 g/mol. The zero-order chi connectivity index (χ0) is 22.3. The monoisotopic (exact) mass is 412 g/mol. The predicted octanol–water partition coefficient (Wildman–Crippen LogP) is 3.06. The zero-order valence-electron chi connectivity index (χ0n) is 17.3. The molecule has 0 radical (unpaired) electrons. The van der Waals surface area contributed by atoms with Crippen LogP contribution >= 0.6 is 0 Å². The van der Waals surface area contributed by atoms with Gasteiger partial charge in [-0.15, -0.1) is 0 Å². The molecule has 0 atom stereocenters. The maximum Gasteiger partial charge on any atom is 0.338 e. The van der Waals surface area contributed by atoms with Crippen molar-refractivity contribution in [3.63, 3.8) is 0 Å². The molecule has 2 aromatic carbocycles. The lowest BCUT2D eigenvalue weighted by atomic mass is 10.0. The van der Waals surface area contributed by atoms with Crippen molar-refractivity contribution in [3.8, 4) is 16.9 Å². The Balaban J connectivity index is 1.90. The van der Waals surface area contributed by atoms with E-state index in [0.29, 0.717) is 5.75 Å². The molecule has 0 saturated carbocycles. The van der Waals surface area contributed by atoms with Crippen LogP contribution in [0.1, 0.15) is 38.1 Å². The minimum Gasteiger partial charge on any atom is -0.452 e. The number of nitrogens with one attached hydrogen (secondary N) is 2. The predicted molar refractivity (Wildman–Crippen MR) is 110 cm³/mol. The average molecular weight is 412 g/mol. The molecule has 158 valence electrons. The topological polar surface area (TPSA) is 111 Å². The SMILES string of the molecule is CC(=O)Oc1ccc(-c2ccc(C(=O)OCC(=O)NC(=O)NC(C)(C)C)cc2)cc1. The van der Waals surface area contributed by atoms with Crippen molar-refractivity contribution in [3.05, 3.63) is 54.1 Å². The summed E-state index contributed by atoms with van der Waals surface area (Å²) in [6.07, 6.45) is 0. The van der Waals surface area contributed by atoms with E-state index in [1.165, 1.54) is 6.92 Å². The fourth-order valence-corrected chi connectivity index (χ4v) is 2.43. The van der Waals surface area contributed by atoms with Gasteiger partial charge in [0, 0.05) is 12.5 Å². The Hall–Kier alpha value is -3.68. The highest BCUT2D eigenvalue weighted by Crippen LogP contribution is 2.23. The molecule has 0 heterocycles. The van der Waals surface area contributed by atoms with Gasteiger partial charge in [0.1, 0.15) is 5.75 Å². The molecule has 3 amide bonds. The van der Waals surface area contributed by atoms with Crippen LogP contribution in [-0.2, 0) is 14.3 Å². The third kappa shape index (κ3) is 7.38. The van der Waals surface area contributed by atoms with Crippen molar-refractivity contribution < 1.29 is 28.7 Å². The van der Waals surface area contributed by atoms with Crippen molar-refractivity contribution in [2.75, 3.05) is 6.61 Å². The van der Waals surface area contributed by atoms with E-state index < -0.39 is 36.0 Å². The van der Waals surface area contributed by atoms with Gasteiger partial charge in [-0.3, -0.25) is 14.9 Å².